The fraction of sp³-hybridized carbons (Fsp3) is 0.615. The summed E-state index contributed by atoms with van der Waals surface area (Å²) in [5.74, 6) is 2.80. The summed E-state index contributed by atoms with van der Waals surface area (Å²) in [4.78, 5) is 20.5. The maximum absolute atomic E-state index is 11.5. The first kappa shape index (κ1) is 13.6. The van der Waals surface area contributed by atoms with Crippen LogP contribution in [0.15, 0.2) is 6.07 Å². The average molecular weight is 263 g/mol. The molecule has 1 atom stereocenters. The molecule has 1 aliphatic rings. The molecule has 0 spiro atoms. The number of hydrogen-bond acceptors (Lipinski definition) is 5. The van der Waals surface area contributed by atoms with Gasteiger partial charge in [-0.15, -0.1) is 0 Å². The van der Waals surface area contributed by atoms with Crippen LogP contribution >= 0.6 is 0 Å². The predicted octanol–water partition coefficient (Wildman–Crippen LogP) is 1.33. The molecule has 6 heteroatoms. The lowest BCUT2D eigenvalue weighted by molar-refractivity contribution is -0.121. The van der Waals surface area contributed by atoms with Crippen LogP contribution in [0.2, 0.25) is 0 Å². The number of aromatic nitrogens is 2. The van der Waals surface area contributed by atoms with Gasteiger partial charge in [-0.1, -0.05) is 0 Å². The number of likely N-dealkylation sites (N-methyl/N-ethyl adjacent to an activating group) is 1. The second-order valence-corrected chi connectivity index (χ2v) is 4.78. The van der Waals surface area contributed by atoms with Crippen LogP contribution in [0.3, 0.4) is 0 Å². The summed E-state index contributed by atoms with van der Waals surface area (Å²) in [6, 6.07) is 1.52. The van der Waals surface area contributed by atoms with Gasteiger partial charge in [-0.05, 0) is 26.7 Å². The molecule has 0 aromatic carbocycles. The fourth-order valence-corrected chi connectivity index (χ4v) is 1.84. The molecular weight excluding hydrogens is 242 g/mol. The fourth-order valence-electron chi connectivity index (χ4n) is 1.84. The van der Waals surface area contributed by atoms with E-state index in [2.05, 4.69) is 25.9 Å². The summed E-state index contributed by atoms with van der Waals surface area (Å²) in [5, 5.41) is 8.92. The Balaban J connectivity index is 2.16. The Kier molecular flexibility index (Phi) is 4.19. The smallest absolute Gasteiger partial charge is 0.241 e. The van der Waals surface area contributed by atoms with Gasteiger partial charge >= 0.3 is 0 Å². The third-order valence-corrected chi connectivity index (χ3v) is 3.05. The molecule has 1 saturated carbocycles. The molecule has 1 amide bonds. The average Bonchev–Trinajstić information content (AvgIpc) is 3.22. The van der Waals surface area contributed by atoms with E-state index in [0.29, 0.717) is 11.7 Å². The van der Waals surface area contributed by atoms with E-state index < -0.39 is 0 Å². The van der Waals surface area contributed by atoms with Crippen LogP contribution < -0.4 is 16.0 Å². The number of carbonyl (C=O) groups is 1. The third kappa shape index (κ3) is 3.56. The van der Waals surface area contributed by atoms with Gasteiger partial charge in [0.25, 0.3) is 0 Å². The standard InChI is InChI=1S/C13H21N5O/c1-4-15-10-7-11(16-8(2)13(19)14-3)18-12(17-10)9-5-6-9/h7-9H,4-6H2,1-3H3,(H,14,19)(H2,15,16,17,18). The minimum atomic E-state index is -0.318. The molecule has 6 nitrogen and oxygen atoms in total. The Labute approximate surface area is 113 Å². The third-order valence-electron chi connectivity index (χ3n) is 3.05. The molecule has 1 heterocycles. The number of anilines is 2. The second kappa shape index (κ2) is 5.86. The van der Waals surface area contributed by atoms with Crippen molar-refractivity contribution in [2.24, 2.45) is 0 Å². The molecule has 1 fully saturated rings. The lowest BCUT2D eigenvalue weighted by Crippen LogP contribution is -2.35. The van der Waals surface area contributed by atoms with E-state index in [1.807, 2.05) is 19.9 Å². The lowest BCUT2D eigenvalue weighted by atomic mass is 10.3. The monoisotopic (exact) mass is 263 g/mol. The van der Waals surface area contributed by atoms with Crippen molar-refractivity contribution in [3.05, 3.63) is 11.9 Å². The minimum absolute atomic E-state index is 0.0587. The molecule has 1 aromatic heterocycles. The highest BCUT2D eigenvalue weighted by Gasteiger charge is 2.27. The van der Waals surface area contributed by atoms with Crippen molar-refractivity contribution in [2.75, 3.05) is 24.2 Å². The molecule has 1 aliphatic carbocycles. The van der Waals surface area contributed by atoms with Crippen LogP contribution in [0, 0.1) is 0 Å². The van der Waals surface area contributed by atoms with E-state index in [-0.39, 0.29) is 11.9 Å². The lowest BCUT2D eigenvalue weighted by Gasteiger charge is -2.14. The Morgan fingerprint density at radius 2 is 2.11 bits per heavy atom. The summed E-state index contributed by atoms with van der Waals surface area (Å²) in [6.45, 7) is 4.65. The van der Waals surface area contributed by atoms with E-state index in [1.165, 1.54) is 0 Å². The molecule has 0 radical (unpaired) electrons. The van der Waals surface area contributed by atoms with Gasteiger partial charge in [0.1, 0.15) is 23.5 Å². The van der Waals surface area contributed by atoms with Gasteiger partial charge in [0, 0.05) is 25.6 Å². The van der Waals surface area contributed by atoms with Gasteiger partial charge in [0.2, 0.25) is 5.91 Å². The van der Waals surface area contributed by atoms with E-state index in [1.54, 1.807) is 7.05 Å². The van der Waals surface area contributed by atoms with E-state index in [0.717, 1.165) is 31.0 Å². The Hall–Kier alpha value is -1.85. The van der Waals surface area contributed by atoms with Crippen molar-refractivity contribution in [2.45, 2.75) is 38.6 Å². The number of carbonyl (C=O) groups excluding carboxylic acids is 1. The second-order valence-electron chi connectivity index (χ2n) is 4.78. The first-order valence-electron chi connectivity index (χ1n) is 6.75. The Bertz CT molecular complexity index is 458. The number of rotatable bonds is 6. The molecule has 0 bridgehead atoms. The van der Waals surface area contributed by atoms with Gasteiger partial charge in [-0.3, -0.25) is 4.79 Å². The van der Waals surface area contributed by atoms with Crippen molar-refractivity contribution in [3.8, 4) is 0 Å². The molecule has 1 aromatic rings. The zero-order valence-corrected chi connectivity index (χ0v) is 11.7. The van der Waals surface area contributed by atoms with Gasteiger partial charge in [-0.2, -0.15) is 0 Å². The van der Waals surface area contributed by atoms with Crippen LogP contribution in [-0.2, 0) is 4.79 Å². The Morgan fingerprint density at radius 3 is 2.68 bits per heavy atom. The normalized spacial score (nSPS) is 15.7. The summed E-state index contributed by atoms with van der Waals surface area (Å²) < 4.78 is 0. The first-order chi connectivity index (χ1) is 9.13. The first-order valence-corrected chi connectivity index (χ1v) is 6.75. The molecule has 3 N–H and O–H groups in total. The van der Waals surface area contributed by atoms with Crippen LogP contribution in [0.5, 0.6) is 0 Å². The summed E-state index contributed by atoms with van der Waals surface area (Å²) >= 11 is 0. The minimum Gasteiger partial charge on any atom is -0.370 e. The van der Waals surface area contributed by atoms with Crippen LogP contribution in [-0.4, -0.2) is 35.5 Å². The van der Waals surface area contributed by atoms with Gasteiger partial charge in [0.15, 0.2) is 0 Å². The molecule has 1 unspecified atom stereocenters. The topological polar surface area (TPSA) is 78.9 Å². The zero-order valence-electron chi connectivity index (χ0n) is 11.7. The summed E-state index contributed by atoms with van der Waals surface area (Å²) in [5.41, 5.74) is 0. The van der Waals surface area contributed by atoms with Crippen LogP contribution in [0.4, 0.5) is 11.6 Å². The highest BCUT2D eigenvalue weighted by Crippen LogP contribution is 2.38. The highest BCUT2D eigenvalue weighted by molar-refractivity contribution is 5.83. The largest absolute Gasteiger partial charge is 0.370 e. The molecule has 0 saturated heterocycles. The number of amides is 1. The Morgan fingerprint density at radius 1 is 1.42 bits per heavy atom. The van der Waals surface area contributed by atoms with Gasteiger partial charge < -0.3 is 16.0 Å². The molecule has 104 valence electrons. The van der Waals surface area contributed by atoms with Crippen LogP contribution in [0.1, 0.15) is 38.4 Å². The maximum Gasteiger partial charge on any atom is 0.241 e. The molecule has 0 aliphatic heterocycles. The van der Waals surface area contributed by atoms with E-state index in [4.69, 9.17) is 0 Å². The number of hydrogen-bond donors (Lipinski definition) is 3. The predicted molar refractivity (Wildman–Crippen MR) is 75.3 cm³/mol. The summed E-state index contributed by atoms with van der Waals surface area (Å²) in [6.07, 6.45) is 2.31. The van der Waals surface area contributed by atoms with Crippen LogP contribution in [0.25, 0.3) is 0 Å². The quantitative estimate of drug-likeness (QED) is 0.721. The van der Waals surface area contributed by atoms with Gasteiger partial charge in [-0.25, -0.2) is 9.97 Å². The summed E-state index contributed by atoms with van der Waals surface area (Å²) in [7, 11) is 1.63. The number of nitrogens with one attached hydrogen (secondary N) is 3. The SMILES string of the molecule is CCNc1cc(NC(C)C(=O)NC)nc(C2CC2)n1. The van der Waals surface area contributed by atoms with Crippen molar-refractivity contribution < 1.29 is 4.79 Å². The van der Waals surface area contributed by atoms with Crippen molar-refractivity contribution in [3.63, 3.8) is 0 Å². The van der Waals surface area contributed by atoms with E-state index in [9.17, 15) is 4.79 Å². The van der Waals surface area contributed by atoms with Crippen molar-refractivity contribution >= 4 is 17.5 Å². The molecule has 19 heavy (non-hydrogen) atoms. The number of nitrogens with zero attached hydrogens (tertiary/aromatic N) is 2. The molecular formula is C13H21N5O. The van der Waals surface area contributed by atoms with Crippen molar-refractivity contribution in [1.29, 1.82) is 0 Å². The molecule has 2 rings (SSSR count). The van der Waals surface area contributed by atoms with E-state index >= 15 is 0 Å². The maximum atomic E-state index is 11.5. The zero-order chi connectivity index (χ0) is 13.8. The van der Waals surface area contributed by atoms with Crippen molar-refractivity contribution in [1.82, 2.24) is 15.3 Å². The van der Waals surface area contributed by atoms with Gasteiger partial charge in [0.05, 0.1) is 0 Å². The highest BCUT2D eigenvalue weighted by atomic mass is 16.2.